The predicted molar refractivity (Wildman–Crippen MR) is 90.3 cm³/mol. The zero-order chi connectivity index (χ0) is 17.0. The molecule has 1 aliphatic heterocycles. The van der Waals surface area contributed by atoms with E-state index >= 15 is 0 Å². The van der Waals surface area contributed by atoms with E-state index in [2.05, 4.69) is 10.2 Å². The molecule has 6 nitrogen and oxygen atoms in total. The highest BCUT2D eigenvalue weighted by molar-refractivity contribution is 5.76. The first-order valence-electron chi connectivity index (χ1n) is 8.46. The molecule has 2 heterocycles. The third-order valence-electron chi connectivity index (χ3n) is 4.75. The predicted octanol–water partition coefficient (Wildman–Crippen LogP) is 1.26. The second-order valence-electron chi connectivity index (χ2n) is 7.11. The van der Waals surface area contributed by atoms with Gasteiger partial charge >= 0.3 is 0 Å². The fourth-order valence-electron chi connectivity index (χ4n) is 3.51. The van der Waals surface area contributed by atoms with Gasteiger partial charge in [0.15, 0.2) is 0 Å². The summed E-state index contributed by atoms with van der Waals surface area (Å²) in [5, 5.41) is 17.8. The van der Waals surface area contributed by atoms with Gasteiger partial charge in [-0.15, -0.1) is 0 Å². The van der Waals surface area contributed by atoms with Crippen LogP contribution in [0.3, 0.4) is 0 Å². The van der Waals surface area contributed by atoms with E-state index in [1.54, 1.807) is 0 Å². The lowest BCUT2D eigenvalue weighted by Gasteiger charge is -2.30. The topological polar surface area (TPSA) is 72.5 Å². The van der Waals surface area contributed by atoms with Crippen LogP contribution in [0.1, 0.15) is 42.6 Å². The lowest BCUT2D eigenvalue weighted by Crippen LogP contribution is -2.41. The first kappa shape index (κ1) is 17.9. The molecule has 0 bridgehead atoms. The van der Waals surface area contributed by atoms with Crippen molar-refractivity contribution in [2.45, 2.75) is 51.6 Å². The molecule has 0 spiro atoms. The molecule has 1 saturated heterocycles. The minimum atomic E-state index is -0.670. The zero-order valence-corrected chi connectivity index (χ0v) is 14.9. The average Bonchev–Trinajstić information content (AvgIpc) is 2.67. The number of aromatic nitrogens is 2. The summed E-state index contributed by atoms with van der Waals surface area (Å²) < 4.78 is 0. The summed E-state index contributed by atoms with van der Waals surface area (Å²) in [6.45, 7) is 6.01. The third-order valence-corrected chi connectivity index (χ3v) is 4.75. The molecule has 0 unspecified atom stereocenters. The molecule has 6 heteroatoms. The lowest BCUT2D eigenvalue weighted by atomic mass is 9.94. The van der Waals surface area contributed by atoms with Crippen LogP contribution in [0.25, 0.3) is 0 Å². The smallest absolute Gasteiger partial charge is 0.222 e. The maximum absolute atomic E-state index is 12.5. The van der Waals surface area contributed by atoms with Crippen molar-refractivity contribution in [3.8, 4) is 0 Å². The van der Waals surface area contributed by atoms with Crippen LogP contribution < -0.4 is 0 Å². The van der Waals surface area contributed by atoms with Crippen LogP contribution in [0.4, 0.5) is 0 Å². The number of nitrogens with one attached hydrogen (secondary N) is 1. The molecule has 1 fully saturated rings. The van der Waals surface area contributed by atoms with Gasteiger partial charge in [0, 0.05) is 31.7 Å². The van der Waals surface area contributed by atoms with Crippen molar-refractivity contribution in [1.29, 1.82) is 0 Å². The number of carbonyl (C=O) groups excluding carboxylic acids is 1. The molecule has 1 aliphatic rings. The van der Waals surface area contributed by atoms with Crippen LogP contribution in [-0.4, -0.2) is 70.3 Å². The highest BCUT2D eigenvalue weighted by atomic mass is 16.3. The lowest BCUT2D eigenvalue weighted by molar-refractivity contribution is -0.131. The maximum atomic E-state index is 12.5. The summed E-state index contributed by atoms with van der Waals surface area (Å²) in [5.41, 5.74) is 2.51. The number of H-pyrrole nitrogens is 1. The van der Waals surface area contributed by atoms with E-state index in [0.29, 0.717) is 25.9 Å². The van der Waals surface area contributed by atoms with Crippen LogP contribution >= 0.6 is 0 Å². The third kappa shape index (κ3) is 4.78. The summed E-state index contributed by atoms with van der Waals surface area (Å²) in [6.07, 6.45) is 3.51. The Labute approximate surface area is 138 Å². The minimum absolute atomic E-state index is 0.180. The van der Waals surface area contributed by atoms with Gasteiger partial charge in [-0.1, -0.05) is 0 Å². The van der Waals surface area contributed by atoms with Gasteiger partial charge in [-0.05, 0) is 59.2 Å². The van der Waals surface area contributed by atoms with E-state index in [-0.39, 0.29) is 5.91 Å². The van der Waals surface area contributed by atoms with Gasteiger partial charge in [0.25, 0.3) is 0 Å². The number of hydrogen-bond acceptors (Lipinski definition) is 4. The van der Waals surface area contributed by atoms with Crippen molar-refractivity contribution in [3.63, 3.8) is 0 Å². The van der Waals surface area contributed by atoms with Gasteiger partial charge < -0.3 is 14.9 Å². The first-order chi connectivity index (χ1) is 10.8. The normalized spacial score (nSPS) is 22.4. The summed E-state index contributed by atoms with van der Waals surface area (Å²) in [5.74, 6) is 0.180. The van der Waals surface area contributed by atoms with Gasteiger partial charge in [0.05, 0.1) is 11.3 Å². The van der Waals surface area contributed by atoms with Crippen molar-refractivity contribution in [1.82, 2.24) is 20.0 Å². The van der Waals surface area contributed by atoms with Gasteiger partial charge in [0.2, 0.25) is 5.91 Å². The second kappa shape index (κ2) is 7.45. The Kier molecular flexibility index (Phi) is 5.81. The van der Waals surface area contributed by atoms with Crippen LogP contribution in [0.2, 0.25) is 0 Å². The number of likely N-dealkylation sites (N-methyl/N-ethyl adjacent to an activating group) is 1. The van der Waals surface area contributed by atoms with Crippen LogP contribution in [0.5, 0.6) is 0 Å². The largest absolute Gasteiger partial charge is 0.388 e. The van der Waals surface area contributed by atoms with E-state index in [1.165, 1.54) is 0 Å². The molecule has 0 aromatic carbocycles. The Balaban J connectivity index is 1.88. The molecule has 1 aromatic heterocycles. The summed E-state index contributed by atoms with van der Waals surface area (Å²) >= 11 is 0. The van der Waals surface area contributed by atoms with E-state index < -0.39 is 5.60 Å². The molecule has 0 saturated carbocycles. The monoisotopic (exact) mass is 322 g/mol. The molecule has 0 radical (unpaired) electrons. The SMILES string of the molecule is Cc1n[nH]c(C)c1CCC(=O)N1CCC[C@](O)(CN(C)C)CC1. The Morgan fingerprint density at radius 2 is 2.09 bits per heavy atom. The molecule has 1 atom stereocenters. The van der Waals surface area contributed by atoms with E-state index in [1.807, 2.05) is 37.7 Å². The molecule has 1 aromatic rings. The van der Waals surface area contributed by atoms with Crippen molar-refractivity contribution in [3.05, 3.63) is 17.0 Å². The fraction of sp³-hybridized carbons (Fsp3) is 0.765. The highest BCUT2D eigenvalue weighted by Crippen LogP contribution is 2.23. The number of likely N-dealkylation sites (tertiary alicyclic amines) is 1. The number of aryl methyl sites for hydroxylation is 2. The summed E-state index contributed by atoms with van der Waals surface area (Å²) in [7, 11) is 3.95. The van der Waals surface area contributed by atoms with Gasteiger partial charge in [-0.3, -0.25) is 9.89 Å². The Morgan fingerprint density at radius 1 is 1.35 bits per heavy atom. The molecule has 2 rings (SSSR count). The van der Waals surface area contributed by atoms with Crippen molar-refractivity contribution < 1.29 is 9.90 Å². The van der Waals surface area contributed by atoms with Gasteiger partial charge in [-0.2, -0.15) is 5.10 Å². The average molecular weight is 322 g/mol. The zero-order valence-electron chi connectivity index (χ0n) is 14.9. The molecule has 23 heavy (non-hydrogen) atoms. The van der Waals surface area contributed by atoms with Crippen LogP contribution in [0, 0.1) is 13.8 Å². The van der Waals surface area contributed by atoms with Crippen molar-refractivity contribution in [2.75, 3.05) is 33.7 Å². The maximum Gasteiger partial charge on any atom is 0.222 e. The molecular formula is C17H30N4O2. The number of aliphatic hydroxyl groups is 1. The quantitative estimate of drug-likeness (QED) is 0.856. The molecular weight excluding hydrogens is 292 g/mol. The van der Waals surface area contributed by atoms with E-state index in [4.69, 9.17) is 0 Å². The molecule has 1 amide bonds. The standard InChI is InChI=1S/C17H30N4O2/c1-13-15(14(2)19-18-13)6-7-16(22)21-10-5-8-17(23,9-11-21)12-20(3)4/h23H,5-12H2,1-4H3,(H,18,19)/t17-/m1/s1. The number of rotatable bonds is 5. The summed E-state index contributed by atoms with van der Waals surface area (Å²) in [6, 6.07) is 0. The van der Waals surface area contributed by atoms with Crippen molar-refractivity contribution in [2.24, 2.45) is 0 Å². The van der Waals surface area contributed by atoms with Crippen LogP contribution in [-0.2, 0) is 11.2 Å². The van der Waals surface area contributed by atoms with Crippen molar-refractivity contribution >= 4 is 5.91 Å². The van der Waals surface area contributed by atoms with E-state index in [9.17, 15) is 9.90 Å². The second-order valence-corrected chi connectivity index (χ2v) is 7.11. The van der Waals surface area contributed by atoms with Gasteiger partial charge in [-0.25, -0.2) is 0 Å². The number of hydrogen-bond donors (Lipinski definition) is 2. The fourth-order valence-corrected chi connectivity index (χ4v) is 3.51. The van der Waals surface area contributed by atoms with Crippen LogP contribution in [0.15, 0.2) is 0 Å². The molecule has 2 N–H and O–H groups in total. The highest BCUT2D eigenvalue weighted by Gasteiger charge is 2.31. The molecule has 130 valence electrons. The summed E-state index contributed by atoms with van der Waals surface area (Å²) in [4.78, 5) is 16.4. The Bertz CT molecular complexity index is 521. The number of amides is 1. The number of carbonyl (C=O) groups is 1. The van der Waals surface area contributed by atoms with Gasteiger partial charge in [0.1, 0.15) is 0 Å². The Hall–Kier alpha value is -1.40. The Morgan fingerprint density at radius 3 is 2.70 bits per heavy atom. The number of nitrogens with zero attached hydrogens (tertiary/aromatic N) is 3. The number of aromatic amines is 1. The molecule has 0 aliphatic carbocycles. The first-order valence-corrected chi connectivity index (χ1v) is 8.46. The van der Waals surface area contributed by atoms with E-state index in [0.717, 1.165) is 42.8 Å². The minimum Gasteiger partial charge on any atom is -0.388 e.